The molecule has 2 aromatic rings. The fourth-order valence-corrected chi connectivity index (χ4v) is 3.81. The number of ether oxygens (including phenoxy) is 2. The summed E-state index contributed by atoms with van der Waals surface area (Å²) in [5.41, 5.74) is 1.38. The monoisotopic (exact) mass is 414 g/mol. The van der Waals surface area contributed by atoms with Gasteiger partial charge in [-0.1, -0.05) is 30.3 Å². The van der Waals surface area contributed by atoms with E-state index < -0.39 is 6.04 Å². The molecule has 0 aliphatic carbocycles. The van der Waals surface area contributed by atoms with Gasteiger partial charge in [0.2, 0.25) is 5.91 Å². The molecule has 1 aliphatic heterocycles. The van der Waals surface area contributed by atoms with Crippen molar-refractivity contribution in [1.82, 2.24) is 10.6 Å². The lowest BCUT2D eigenvalue weighted by Crippen LogP contribution is -2.48. The van der Waals surface area contributed by atoms with Crippen molar-refractivity contribution >= 4 is 23.6 Å². The van der Waals surface area contributed by atoms with Crippen molar-refractivity contribution in [3.05, 3.63) is 59.7 Å². The van der Waals surface area contributed by atoms with Gasteiger partial charge in [0.1, 0.15) is 17.5 Å². The van der Waals surface area contributed by atoms with Crippen LogP contribution in [0.4, 0.5) is 0 Å². The van der Waals surface area contributed by atoms with Gasteiger partial charge in [-0.2, -0.15) is 11.8 Å². The molecule has 0 fully saturated rings. The van der Waals surface area contributed by atoms with Crippen molar-refractivity contribution in [3.8, 4) is 11.5 Å². The van der Waals surface area contributed by atoms with Gasteiger partial charge in [-0.05, 0) is 36.6 Å². The molecule has 6 nitrogen and oxygen atoms in total. The number of benzene rings is 2. The van der Waals surface area contributed by atoms with Crippen molar-refractivity contribution in [3.63, 3.8) is 0 Å². The summed E-state index contributed by atoms with van der Waals surface area (Å²) in [5.74, 6) is 1.52. The van der Waals surface area contributed by atoms with Gasteiger partial charge in [-0.15, -0.1) is 0 Å². The third-order valence-corrected chi connectivity index (χ3v) is 5.50. The molecule has 0 bridgehead atoms. The molecule has 2 amide bonds. The molecule has 0 unspecified atom stereocenters. The van der Waals surface area contributed by atoms with E-state index in [4.69, 9.17) is 9.47 Å². The normalized spacial score (nSPS) is 16.1. The fraction of sp³-hybridized carbons (Fsp3) is 0.364. The van der Waals surface area contributed by atoms with Gasteiger partial charge in [-0.3, -0.25) is 9.59 Å². The molecule has 154 valence electrons. The maximum Gasteiger partial charge on any atom is 0.255 e. The minimum Gasteiger partial charge on any atom is -0.496 e. The second-order valence-corrected chi connectivity index (χ2v) is 7.73. The fourth-order valence-electron chi connectivity index (χ4n) is 3.34. The first-order valence-corrected chi connectivity index (χ1v) is 11.0. The third-order valence-electron chi connectivity index (χ3n) is 4.86. The largest absolute Gasteiger partial charge is 0.496 e. The molecule has 0 spiro atoms. The molecule has 0 radical (unpaired) electrons. The number of amides is 2. The highest BCUT2D eigenvalue weighted by Crippen LogP contribution is 2.31. The lowest BCUT2D eigenvalue weighted by molar-refractivity contribution is -0.124. The summed E-state index contributed by atoms with van der Waals surface area (Å²) >= 11 is 1.64. The molecule has 2 atom stereocenters. The predicted molar refractivity (Wildman–Crippen MR) is 115 cm³/mol. The van der Waals surface area contributed by atoms with E-state index in [9.17, 15) is 9.59 Å². The number of carbonyl (C=O) groups is 2. The van der Waals surface area contributed by atoms with Crippen LogP contribution in [0, 0.1) is 0 Å². The van der Waals surface area contributed by atoms with Crippen LogP contribution in [0.2, 0.25) is 0 Å². The highest BCUT2D eigenvalue weighted by Gasteiger charge is 2.28. The summed E-state index contributed by atoms with van der Waals surface area (Å²) in [6.07, 6.45) is 3.21. The van der Waals surface area contributed by atoms with E-state index in [0.29, 0.717) is 30.8 Å². The highest BCUT2D eigenvalue weighted by molar-refractivity contribution is 7.98. The number of methoxy groups -OCH3 is 1. The Bertz CT molecular complexity index is 858. The van der Waals surface area contributed by atoms with Crippen LogP contribution in [0.25, 0.3) is 0 Å². The molecule has 29 heavy (non-hydrogen) atoms. The Balaban J connectivity index is 1.73. The second-order valence-electron chi connectivity index (χ2n) is 6.74. The zero-order valence-corrected chi connectivity index (χ0v) is 17.5. The first-order valence-electron chi connectivity index (χ1n) is 9.59. The molecular weight excluding hydrogens is 388 g/mol. The molecule has 0 saturated heterocycles. The van der Waals surface area contributed by atoms with Crippen molar-refractivity contribution in [2.75, 3.05) is 25.7 Å². The standard InChI is InChI=1S/C22H26N2O4S/c1-27-19-9-5-4-8-16(19)21(25)24-18(12-14-29-2)22(26)23-17-11-13-28-20-10-6-3-7-15(17)20/h3-10,17-18H,11-14H2,1-2H3,(H,23,26)(H,24,25)/t17-,18+/m1/s1. The second kappa shape index (κ2) is 10.2. The Labute approximate surface area is 175 Å². The molecular formula is C22H26N2O4S. The molecule has 2 aromatic carbocycles. The van der Waals surface area contributed by atoms with Crippen LogP contribution >= 0.6 is 11.8 Å². The van der Waals surface area contributed by atoms with Crippen LogP contribution in [0.5, 0.6) is 11.5 Å². The lowest BCUT2D eigenvalue weighted by atomic mass is 10.00. The van der Waals surface area contributed by atoms with Crippen LogP contribution in [0.1, 0.15) is 34.8 Å². The number of rotatable bonds is 8. The van der Waals surface area contributed by atoms with Crippen molar-refractivity contribution in [1.29, 1.82) is 0 Å². The van der Waals surface area contributed by atoms with Crippen molar-refractivity contribution < 1.29 is 19.1 Å². The Morgan fingerprint density at radius 3 is 2.76 bits per heavy atom. The molecule has 0 saturated carbocycles. The summed E-state index contributed by atoms with van der Waals surface area (Å²) in [6, 6.07) is 13.9. The van der Waals surface area contributed by atoms with E-state index in [1.54, 1.807) is 36.0 Å². The maximum absolute atomic E-state index is 13.0. The van der Waals surface area contributed by atoms with Gasteiger partial charge in [0.05, 0.1) is 25.3 Å². The minimum absolute atomic E-state index is 0.132. The summed E-state index contributed by atoms with van der Waals surface area (Å²) < 4.78 is 10.9. The van der Waals surface area contributed by atoms with Gasteiger partial charge in [0, 0.05) is 12.0 Å². The third kappa shape index (κ3) is 5.23. The molecule has 1 heterocycles. The van der Waals surface area contributed by atoms with Crippen molar-refractivity contribution in [2.24, 2.45) is 0 Å². The number of thioether (sulfide) groups is 1. The maximum atomic E-state index is 13.0. The Kier molecular flexibility index (Phi) is 7.41. The number of fused-ring (bicyclic) bond motifs is 1. The molecule has 7 heteroatoms. The molecule has 1 aliphatic rings. The Hall–Kier alpha value is -2.67. The summed E-state index contributed by atoms with van der Waals surface area (Å²) in [4.78, 5) is 25.8. The number of nitrogens with one attached hydrogen (secondary N) is 2. The first-order chi connectivity index (χ1) is 14.1. The SMILES string of the molecule is COc1ccccc1C(=O)N[C@@H](CCSC)C(=O)N[C@@H]1CCOc2ccccc21. The molecule has 2 N–H and O–H groups in total. The minimum atomic E-state index is -0.630. The van der Waals surface area contributed by atoms with Gasteiger partial charge in [-0.25, -0.2) is 0 Å². The van der Waals surface area contributed by atoms with Gasteiger partial charge in [0.15, 0.2) is 0 Å². The van der Waals surface area contributed by atoms with E-state index in [2.05, 4.69) is 10.6 Å². The Morgan fingerprint density at radius 1 is 1.21 bits per heavy atom. The van der Waals surface area contributed by atoms with Crippen LogP contribution in [0.15, 0.2) is 48.5 Å². The number of para-hydroxylation sites is 2. The van der Waals surface area contributed by atoms with Gasteiger partial charge < -0.3 is 20.1 Å². The number of hydrogen-bond acceptors (Lipinski definition) is 5. The van der Waals surface area contributed by atoms with Crippen molar-refractivity contribution in [2.45, 2.75) is 24.9 Å². The zero-order valence-electron chi connectivity index (χ0n) is 16.6. The van der Waals surface area contributed by atoms with Gasteiger partial charge in [0.25, 0.3) is 5.91 Å². The first kappa shape index (κ1) is 21.0. The van der Waals surface area contributed by atoms with Crippen LogP contribution in [-0.2, 0) is 4.79 Å². The van der Waals surface area contributed by atoms with Crippen LogP contribution in [-0.4, -0.2) is 43.6 Å². The summed E-state index contributed by atoms with van der Waals surface area (Å²) in [7, 11) is 1.52. The average molecular weight is 415 g/mol. The quantitative estimate of drug-likeness (QED) is 0.694. The highest BCUT2D eigenvalue weighted by atomic mass is 32.2. The van der Waals surface area contributed by atoms with Crippen LogP contribution in [0.3, 0.4) is 0 Å². The summed E-state index contributed by atoms with van der Waals surface area (Å²) in [5, 5.41) is 5.98. The number of hydrogen-bond donors (Lipinski definition) is 2. The average Bonchev–Trinajstić information content (AvgIpc) is 2.76. The predicted octanol–water partition coefficient (Wildman–Crippen LogP) is 3.19. The summed E-state index contributed by atoms with van der Waals surface area (Å²) in [6.45, 7) is 0.547. The Morgan fingerprint density at radius 2 is 1.97 bits per heavy atom. The zero-order chi connectivity index (χ0) is 20.6. The van der Waals surface area contributed by atoms with E-state index >= 15 is 0 Å². The topological polar surface area (TPSA) is 76.7 Å². The van der Waals surface area contributed by atoms with E-state index in [1.807, 2.05) is 30.5 Å². The van der Waals surface area contributed by atoms with Gasteiger partial charge >= 0.3 is 0 Å². The van der Waals surface area contributed by atoms with E-state index in [1.165, 1.54) is 7.11 Å². The number of carbonyl (C=O) groups excluding carboxylic acids is 2. The van der Waals surface area contributed by atoms with Crippen LogP contribution < -0.4 is 20.1 Å². The molecule has 3 rings (SSSR count). The smallest absolute Gasteiger partial charge is 0.255 e. The van der Waals surface area contributed by atoms with E-state index in [0.717, 1.165) is 17.1 Å². The van der Waals surface area contributed by atoms with E-state index in [-0.39, 0.29) is 17.9 Å². The molecule has 0 aromatic heterocycles. The lowest BCUT2D eigenvalue weighted by Gasteiger charge is -2.28.